The van der Waals surface area contributed by atoms with Crippen LogP contribution in [0.25, 0.3) is 0 Å². The Labute approximate surface area is 45.6 Å². The third-order valence-electron chi connectivity index (χ3n) is 0. The van der Waals surface area contributed by atoms with Crippen molar-refractivity contribution < 1.29 is 15.0 Å². The molecule has 0 aromatic carbocycles. The van der Waals surface area contributed by atoms with Crippen LogP contribution in [0.1, 0.15) is 0 Å². The molecule has 0 heterocycles. The van der Waals surface area contributed by atoms with Crippen LogP contribution in [-0.4, -0.2) is 40.3 Å². The molecule has 0 aromatic heterocycles. The van der Waals surface area contributed by atoms with Crippen LogP contribution in [0.15, 0.2) is 0 Å². The molecule has 5 heavy (non-hydrogen) atoms. The summed E-state index contributed by atoms with van der Waals surface area (Å²) in [6, 6.07) is 0. The SMILES string of the molecule is O=C(O)O.[SnH2]. The third-order valence-corrected chi connectivity index (χ3v) is 0. The molecule has 2 N–H and O–H groups in total. The van der Waals surface area contributed by atoms with Crippen molar-refractivity contribution in [2.45, 2.75) is 0 Å². The minimum atomic E-state index is -1.83. The first-order valence-corrected chi connectivity index (χ1v) is 0.651. The first-order valence-electron chi connectivity index (χ1n) is 0.651. The molecule has 0 saturated heterocycles. The maximum atomic E-state index is 8.56. The van der Waals surface area contributed by atoms with Gasteiger partial charge in [-0.3, -0.25) is 0 Å². The molecular weight excluding hydrogens is 179 g/mol. The van der Waals surface area contributed by atoms with Gasteiger partial charge in [0.25, 0.3) is 0 Å². The van der Waals surface area contributed by atoms with Gasteiger partial charge in [0.05, 0.1) is 0 Å². The average molecular weight is 183 g/mol. The van der Waals surface area contributed by atoms with E-state index in [-0.39, 0.29) is 23.9 Å². The van der Waals surface area contributed by atoms with E-state index in [1.807, 2.05) is 0 Å². The zero-order valence-corrected chi connectivity index (χ0v) is 6.55. The fourth-order valence-corrected chi connectivity index (χ4v) is 0. The van der Waals surface area contributed by atoms with Crippen LogP contribution < -0.4 is 0 Å². The van der Waals surface area contributed by atoms with Gasteiger partial charge in [-0.05, 0) is 0 Å². The van der Waals surface area contributed by atoms with Gasteiger partial charge < -0.3 is 10.2 Å². The van der Waals surface area contributed by atoms with Crippen molar-refractivity contribution in [3.63, 3.8) is 0 Å². The van der Waals surface area contributed by atoms with Crippen molar-refractivity contribution in [2.75, 3.05) is 0 Å². The monoisotopic (exact) mass is 184 g/mol. The molecule has 0 aliphatic heterocycles. The summed E-state index contributed by atoms with van der Waals surface area (Å²) in [5.74, 6) is 0. The summed E-state index contributed by atoms with van der Waals surface area (Å²) in [7, 11) is 0. The van der Waals surface area contributed by atoms with Gasteiger partial charge in [0.15, 0.2) is 0 Å². The van der Waals surface area contributed by atoms with Crippen molar-refractivity contribution in [1.82, 2.24) is 0 Å². The topological polar surface area (TPSA) is 57.5 Å². The van der Waals surface area contributed by atoms with Crippen LogP contribution in [0.5, 0.6) is 0 Å². The van der Waals surface area contributed by atoms with Crippen molar-refractivity contribution in [1.29, 1.82) is 0 Å². The Balaban J connectivity index is 0. The van der Waals surface area contributed by atoms with Crippen LogP contribution in [0, 0.1) is 0 Å². The Morgan fingerprint density at radius 2 is 1.40 bits per heavy atom. The first-order chi connectivity index (χ1) is 1.73. The second-order valence-electron chi connectivity index (χ2n) is 0.283. The fourth-order valence-electron chi connectivity index (χ4n) is 0. The summed E-state index contributed by atoms with van der Waals surface area (Å²) in [5, 5.41) is 13.9. The Hall–Kier alpha value is 0.0687. The summed E-state index contributed by atoms with van der Waals surface area (Å²) in [4.78, 5) is 8.56. The maximum absolute atomic E-state index is 8.56. The molecule has 0 saturated carbocycles. The number of carboxylic acid groups (broad SMARTS) is 2. The molecule has 30 valence electrons. The van der Waals surface area contributed by atoms with Gasteiger partial charge in [0.2, 0.25) is 0 Å². The fraction of sp³-hybridized carbons (Fsp3) is 0. The molecule has 0 aromatic rings. The van der Waals surface area contributed by atoms with E-state index in [4.69, 9.17) is 15.0 Å². The van der Waals surface area contributed by atoms with Gasteiger partial charge in [-0.15, -0.1) is 0 Å². The second kappa shape index (κ2) is 4.07. The summed E-state index contributed by atoms with van der Waals surface area (Å²) in [6.45, 7) is 0. The van der Waals surface area contributed by atoms with Crippen molar-refractivity contribution in [3.05, 3.63) is 0 Å². The van der Waals surface area contributed by atoms with E-state index in [1.165, 1.54) is 0 Å². The van der Waals surface area contributed by atoms with Crippen molar-refractivity contribution >= 4 is 30.1 Å². The van der Waals surface area contributed by atoms with Gasteiger partial charge >= 0.3 is 30.1 Å². The standard InChI is InChI=1S/CH2O3.Sn.2H/c2-1(3)4;;;/h(H2,2,3,4);;;. The number of rotatable bonds is 0. The van der Waals surface area contributed by atoms with Gasteiger partial charge in [-0.2, -0.15) is 0 Å². The average Bonchev–Trinajstić information content (AvgIpc) is 0.811. The molecule has 0 amide bonds. The number of hydrogen-bond donors (Lipinski definition) is 2. The van der Waals surface area contributed by atoms with E-state index in [1.54, 1.807) is 0 Å². The normalized spacial score (nSPS) is 4.80. The predicted octanol–water partition coefficient (Wildman–Crippen LogP) is -0.694. The summed E-state index contributed by atoms with van der Waals surface area (Å²) in [5.41, 5.74) is 0. The van der Waals surface area contributed by atoms with Crippen LogP contribution in [0.3, 0.4) is 0 Å². The molecule has 0 atom stereocenters. The molecule has 0 spiro atoms. The van der Waals surface area contributed by atoms with Crippen molar-refractivity contribution in [2.24, 2.45) is 0 Å². The Morgan fingerprint density at radius 3 is 1.40 bits per heavy atom. The van der Waals surface area contributed by atoms with Gasteiger partial charge in [-0.25, -0.2) is 4.79 Å². The van der Waals surface area contributed by atoms with Crippen LogP contribution in [0.4, 0.5) is 4.79 Å². The molecule has 3 nitrogen and oxygen atoms in total. The molecule has 2 radical (unpaired) electrons. The predicted molar refractivity (Wildman–Crippen MR) is 19.2 cm³/mol. The Bertz CT molecular complexity index is 29.9. The van der Waals surface area contributed by atoms with Crippen LogP contribution in [-0.2, 0) is 0 Å². The van der Waals surface area contributed by atoms with E-state index < -0.39 is 6.16 Å². The number of hydrogen-bond acceptors (Lipinski definition) is 1. The Kier molecular flexibility index (Phi) is 7.25. The van der Waals surface area contributed by atoms with Gasteiger partial charge in [0.1, 0.15) is 0 Å². The molecule has 0 aliphatic rings. The quantitative estimate of drug-likeness (QED) is 0.488. The second-order valence-corrected chi connectivity index (χ2v) is 0.283. The molecular formula is CH4O3Sn. The van der Waals surface area contributed by atoms with Crippen LogP contribution >= 0.6 is 0 Å². The van der Waals surface area contributed by atoms with E-state index in [9.17, 15) is 0 Å². The summed E-state index contributed by atoms with van der Waals surface area (Å²) in [6.07, 6.45) is -1.83. The van der Waals surface area contributed by atoms with E-state index in [0.717, 1.165) is 0 Å². The molecule has 0 unspecified atom stereocenters. The van der Waals surface area contributed by atoms with E-state index >= 15 is 0 Å². The van der Waals surface area contributed by atoms with Crippen LogP contribution in [0.2, 0.25) is 0 Å². The summed E-state index contributed by atoms with van der Waals surface area (Å²) >= 11 is 0. The van der Waals surface area contributed by atoms with E-state index in [0.29, 0.717) is 0 Å². The zero-order valence-electron chi connectivity index (χ0n) is 2.51. The molecule has 0 rings (SSSR count). The van der Waals surface area contributed by atoms with Gasteiger partial charge in [0, 0.05) is 0 Å². The van der Waals surface area contributed by atoms with Crippen molar-refractivity contribution in [3.8, 4) is 0 Å². The Morgan fingerprint density at radius 1 is 1.40 bits per heavy atom. The summed E-state index contributed by atoms with van der Waals surface area (Å²) < 4.78 is 0. The molecule has 4 heteroatoms. The van der Waals surface area contributed by atoms with E-state index in [2.05, 4.69) is 0 Å². The minimum absolute atomic E-state index is 0. The first kappa shape index (κ1) is 8.91. The molecule has 0 bridgehead atoms. The molecule has 0 fully saturated rings. The van der Waals surface area contributed by atoms with Gasteiger partial charge in [-0.1, -0.05) is 0 Å². The number of carbonyl (C=O) groups is 1. The molecule has 0 aliphatic carbocycles. The third kappa shape index (κ3) is 3690. The zero-order chi connectivity index (χ0) is 3.58.